The van der Waals surface area contributed by atoms with Crippen LogP contribution in [0.1, 0.15) is 42.5 Å². The van der Waals surface area contributed by atoms with E-state index in [-0.39, 0.29) is 0 Å². The third kappa shape index (κ3) is 3.89. The Morgan fingerprint density at radius 1 is 1.00 bits per heavy atom. The van der Waals surface area contributed by atoms with Gasteiger partial charge in [-0.3, -0.25) is 0 Å². The fraction of sp³-hybridized carbons (Fsp3) is 0.222. The lowest BCUT2D eigenvalue weighted by Gasteiger charge is -2.13. The van der Waals surface area contributed by atoms with Gasteiger partial charge in [0.25, 0.3) is 0 Å². The number of benzene rings is 1. The van der Waals surface area contributed by atoms with E-state index in [1.165, 1.54) is 22.3 Å². The number of hydrogen-bond acceptors (Lipinski definition) is 0. The van der Waals surface area contributed by atoms with E-state index in [4.69, 9.17) is 0 Å². The lowest BCUT2D eigenvalue weighted by atomic mass is 9.92. The van der Waals surface area contributed by atoms with Crippen LogP contribution in [0.25, 0.3) is 18.2 Å². The minimum atomic E-state index is 1.14. The average molecular weight is 240 g/mol. The molecule has 0 spiro atoms. The number of hydrogen-bond donors (Lipinski definition) is 0. The van der Waals surface area contributed by atoms with Gasteiger partial charge in [-0.2, -0.15) is 0 Å². The molecule has 0 saturated carbocycles. The zero-order valence-corrected chi connectivity index (χ0v) is 11.7. The van der Waals surface area contributed by atoms with Crippen molar-refractivity contribution in [2.75, 3.05) is 0 Å². The van der Waals surface area contributed by atoms with Crippen LogP contribution in [-0.2, 0) is 6.42 Å². The summed E-state index contributed by atoms with van der Waals surface area (Å²) >= 11 is 0. The molecule has 0 bridgehead atoms. The van der Waals surface area contributed by atoms with Crippen molar-refractivity contribution in [1.82, 2.24) is 0 Å². The summed E-state index contributed by atoms with van der Waals surface area (Å²) in [7, 11) is 0. The molecule has 2 rings (SSSR count). The van der Waals surface area contributed by atoms with Gasteiger partial charge in [-0.05, 0) is 41.2 Å². The Balaban J connectivity index is 0.000000659. The van der Waals surface area contributed by atoms with E-state index in [9.17, 15) is 0 Å². The standard InChI is InChI=1S/C14H14.C2H6.C2H4/c1-3-11-9-13-7-5-6-8-14(13)10-12(11)4-2;2*1-2/h3-5,7,9-10H,1-2,6,8H2;1-2H3;1-2H2. The second-order valence-electron chi connectivity index (χ2n) is 3.53. The molecule has 1 aliphatic rings. The van der Waals surface area contributed by atoms with Gasteiger partial charge in [-0.25, -0.2) is 0 Å². The molecule has 0 N–H and O–H groups in total. The van der Waals surface area contributed by atoms with Crippen molar-refractivity contribution in [3.8, 4) is 0 Å². The van der Waals surface area contributed by atoms with E-state index < -0.39 is 0 Å². The summed E-state index contributed by atoms with van der Waals surface area (Å²) in [5, 5.41) is 0. The predicted octanol–water partition coefficient (Wildman–Crippen LogP) is 5.76. The molecule has 96 valence electrons. The molecular formula is C18H24. The Labute approximate surface area is 112 Å². The lowest BCUT2D eigenvalue weighted by Crippen LogP contribution is -1.96. The Morgan fingerprint density at radius 3 is 2.11 bits per heavy atom. The fourth-order valence-corrected chi connectivity index (χ4v) is 1.87. The fourth-order valence-electron chi connectivity index (χ4n) is 1.87. The highest BCUT2D eigenvalue weighted by atomic mass is 14.1. The Hall–Kier alpha value is -1.82. The Bertz CT molecular complexity index is 422. The highest BCUT2D eigenvalue weighted by molar-refractivity contribution is 5.70. The Kier molecular flexibility index (Phi) is 8.30. The molecule has 0 saturated heterocycles. The molecule has 0 nitrogen and oxygen atoms in total. The van der Waals surface area contributed by atoms with Crippen LogP contribution < -0.4 is 0 Å². The first kappa shape index (κ1) is 16.2. The quantitative estimate of drug-likeness (QED) is 0.576. The van der Waals surface area contributed by atoms with Crippen LogP contribution >= 0.6 is 0 Å². The highest BCUT2D eigenvalue weighted by Gasteiger charge is 2.06. The molecule has 0 heterocycles. The summed E-state index contributed by atoms with van der Waals surface area (Å²) in [5.74, 6) is 0. The minimum absolute atomic E-state index is 1.14. The topological polar surface area (TPSA) is 0 Å². The van der Waals surface area contributed by atoms with E-state index in [1.54, 1.807) is 0 Å². The van der Waals surface area contributed by atoms with Crippen LogP contribution in [0.5, 0.6) is 0 Å². The van der Waals surface area contributed by atoms with Gasteiger partial charge in [0.1, 0.15) is 0 Å². The molecule has 0 aromatic heterocycles. The van der Waals surface area contributed by atoms with Crippen molar-refractivity contribution < 1.29 is 0 Å². The average Bonchev–Trinajstić information content (AvgIpc) is 2.49. The van der Waals surface area contributed by atoms with E-state index in [0.717, 1.165) is 12.8 Å². The van der Waals surface area contributed by atoms with E-state index in [2.05, 4.69) is 50.6 Å². The molecule has 18 heavy (non-hydrogen) atoms. The van der Waals surface area contributed by atoms with Gasteiger partial charge >= 0.3 is 0 Å². The number of allylic oxidation sites excluding steroid dienone is 1. The first-order chi connectivity index (χ1) is 8.85. The maximum absolute atomic E-state index is 3.82. The second kappa shape index (κ2) is 9.23. The summed E-state index contributed by atoms with van der Waals surface area (Å²) < 4.78 is 0. The molecular weight excluding hydrogens is 216 g/mol. The summed E-state index contributed by atoms with van der Waals surface area (Å²) in [4.78, 5) is 0. The van der Waals surface area contributed by atoms with Gasteiger partial charge in [-0.1, -0.05) is 57.4 Å². The number of rotatable bonds is 2. The minimum Gasteiger partial charge on any atom is -0.106 e. The Morgan fingerprint density at radius 2 is 1.56 bits per heavy atom. The maximum Gasteiger partial charge on any atom is -0.0184 e. The van der Waals surface area contributed by atoms with Crippen molar-refractivity contribution in [3.05, 3.63) is 66.8 Å². The predicted molar refractivity (Wildman–Crippen MR) is 86.6 cm³/mol. The van der Waals surface area contributed by atoms with E-state index in [1.807, 2.05) is 26.0 Å². The molecule has 1 aromatic rings. The monoisotopic (exact) mass is 240 g/mol. The largest absolute Gasteiger partial charge is 0.106 e. The first-order valence-electron chi connectivity index (χ1n) is 6.43. The van der Waals surface area contributed by atoms with Crippen LogP contribution in [-0.4, -0.2) is 0 Å². The van der Waals surface area contributed by atoms with E-state index in [0.29, 0.717) is 0 Å². The molecule has 0 fully saturated rings. The molecule has 0 amide bonds. The van der Waals surface area contributed by atoms with Gasteiger partial charge in [0.2, 0.25) is 0 Å². The normalized spacial score (nSPS) is 11.0. The van der Waals surface area contributed by atoms with Crippen molar-refractivity contribution >= 4 is 18.2 Å². The molecule has 1 aliphatic carbocycles. The van der Waals surface area contributed by atoms with Gasteiger partial charge in [-0.15, -0.1) is 13.2 Å². The zero-order chi connectivity index (χ0) is 14.0. The van der Waals surface area contributed by atoms with Crippen LogP contribution in [0.15, 0.2) is 44.5 Å². The van der Waals surface area contributed by atoms with Crippen LogP contribution in [0, 0.1) is 0 Å². The summed E-state index contributed by atoms with van der Waals surface area (Å²) in [6.45, 7) is 17.6. The van der Waals surface area contributed by atoms with Gasteiger partial charge < -0.3 is 0 Å². The second-order valence-corrected chi connectivity index (χ2v) is 3.53. The van der Waals surface area contributed by atoms with Crippen LogP contribution in [0.4, 0.5) is 0 Å². The van der Waals surface area contributed by atoms with Crippen molar-refractivity contribution in [2.24, 2.45) is 0 Å². The smallest absolute Gasteiger partial charge is 0.0184 e. The van der Waals surface area contributed by atoms with Gasteiger partial charge in [0.15, 0.2) is 0 Å². The third-order valence-electron chi connectivity index (χ3n) is 2.66. The molecule has 0 aliphatic heterocycles. The van der Waals surface area contributed by atoms with Crippen molar-refractivity contribution in [1.29, 1.82) is 0 Å². The molecule has 0 unspecified atom stereocenters. The number of aryl methyl sites for hydroxylation is 1. The molecule has 0 atom stereocenters. The lowest BCUT2D eigenvalue weighted by molar-refractivity contribution is 0.984. The number of fused-ring (bicyclic) bond motifs is 1. The summed E-state index contributed by atoms with van der Waals surface area (Å²) in [6.07, 6.45) is 10.5. The maximum atomic E-state index is 3.82. The van der Waals surface area contributed by atoms with Gasteiger partial charge in [0, 0.05) is 0 Å². The SMILES string of the molecule is C=C.C=Cc1cc2c(cc1C=C)CCC=C2.CC. The third-order valence-corrected chi connectivity index (χ3v) is 2.66. The highest BCUT2D eigenvalue weighted by Crippen LogP contribution is 2.24. The molecule has 0 heteroatoms. The van der Waals surface area contributed by atoms with Gasteiger partial charge in [0.05, 0.1) is 0 Å². The van der Waals surface area contributed by atoms with E-state index >= 15 is 0 Å². The van der Waals surface area contributed by atoms with Crippen molar-refractivity contribution in [3.63, 3.8) is 0 Å². The summed E-state index contributed by atoms with van der Waals surface area (Å²) in [6, 6.07) is 4.41. The van der Waals surface area contributed by atoms with Crippen LogP contribution in [0.2, 0.25) is 0 Å². The molecule has 1 aromatic carbocycles. The summed E-state index contributed by atoms with van der Waals surface area (Å²) in [5.41, 5.74) is 5.11. The van der Waals surface area contributed by atoms with Crippen molar-refractivity contribution in [2.45, 2.75) is 26.7 Å². The first-order valence-corrected chi connectivity index (χ1v) is 6.43. The van der Waals surface area contributed by atoms with Crippen LogP contribution in [0.3, 0.4) is 0 Å². The molecule has 0 radical (unpaired) electrons. The zero-order valence-electron chi connectivity index (χ0n) is 11.7.